The molecule has 5 heteroatoms. The van der Waals surface area contributed by atoms with Crippen LogP contribution in [0.4, 0.5) is 13.2 Å². The third kappa shape index (κ3) is 2.87. The van der Waals surface area contributed by atoms with Crippen LogP contribution in [0.3, 0.4) is 0 Å². The highest BCUT2D eigenvalue weighted by atomic mass is 33.1. The molecule has 0 nitrogen and oxygen atoms in total. The lowest BCUT2D eigenvalue weighted by Crippen LogP contribution is -1.58. The molecule has 0 aliphatic carbocycles. The van der Waals surface area contributed by atoms with Gasteiger partial charge in [0.25, 0.3) is 0 Å². The molecule has 0 unspecified atom stereocenters. The summed E-state index contributed by atoms with van der Waals surface area (Å²) >= 11 is 3.16. The van der Waals surface area contributed by atoms with E-state index in [0.29, 0.717) is 0 Å². The minimum atomic E-state index is -2.32. The van der Waals surface area contributed by atoms with Crippen LogP contribution in [0.25, 0.3) is 0 Å². The van der Waals surface area contributed by atoms with Gasteiger partial charge in [0, 0.05) is 0 Å². The summed E-state index contributed by atoms with van der Waals surface area (Å²) in [6, 6.07) is 0. The third-order valence-corrected chi connectivity index (χ3v) is 1.02. The molecule has 0 N–H and O–H groups in total. The molecule has 0 saturated carbocycles. The first kappa shape index (κ1) is 7.23. The van der Waals surface area contributed by atoms with E-state index in [1.807, 2.05) is 0 Å². The van der Waals surface area contributed by atoms with Crippen LogP contribution in [0.5, 0.6) is 0 Å². The fraction of sp³-hybridized carbons (Fsp3) is 0. The maximum Gasteiger partial charge on any atom is 0.313 e. The van der Waals surface area contributed by atoms with Crippen molar-refractivity contribution >= 4 is 22.5 Å². The van der Waals surface area contributed by atoms with E-state index in [1.165, 1.54) is 0 Å². The van der Waals surface area contributed by atoms with Crippen LogP contribution in [0.2, 0.25) is 0 Å². The average molecular weight is 146 g/mol. The monoisotopic (exact) mass is 146 g/mol. The van der Waals surface area contributed by atoms with Crippen molar-refractivity contribution in [1.29, 1.82) is 0 Å². The van der Waals surface area contributed by atoms with Gasteiger partial charge in [-0.2, -0.15) is 13.2 Å². The summed E-state index contributed by atoms with van der Waals surface area (Å²) in [6.07, 6.45) is -2.32. The van der Waals surface area contributed by atoms with Crippen molar-refractivity contribution in [1.82, 2.24) is 0 Å². The molecule has 0 aromatic heterocycles. The summed E-state index contributed by atoms with van der Waals surface area (Å²) < 4.78 is 33.0. The maximum atomic E-state index is 11.3. The van der Waals surface area contributed by atoms with E-state index in [1.54, 1.807) is 0 Å². The molecule has 7 heavy (non-hydrogen) atoms. The molecule has 0 aromatic rings. The molecule has 0 fully saturated rings. The summed E-state index contributed by atoms with van der Waals surface area (Å²) in [4.78, 5) is 0. The Kier molecular flexibility index (Phi) is 3.37. The summed E-state index contributed by atoms with van der Waals surface area (Å²) in [5.74, 6) is 0. The van der Waals surface area contributed by atoms with Gasteiger partial charge < -0.3 is 0 Å². The molecule has 42 valence electrons. The van der Waals surface area contributed by atoms with Gasteiger partial charge in [0.1, 0.15) is 0 Å². The van der Waals surface area contributed by atoms with E-state index in [9.17, 15) is 13.2 Å². The highest BCUT2D eigenvalue weighted by molar-refractivity contribution is 8.70. The van der Waals surface area contributed by atoms with Crippen molar-refractivity contribution in [3.8, 4) is 0 Å². The Balaban J connectivity index is 3.72. The normalized spacial score (nSPS) is 8.57. The molecule has 0 amide bonds. The second kappa shape index (κ2) is 3.26. The first-order valence-electron chi connectivity index (χ1n) is 1.20. The van der Waals surface area contributed by atoms with Gasteiger partial charge in [-0.15, -0.1) is 11.7 Å². The van der Waals surface area contributed by atoms with Crippen molar-refractivity contribution < 1.29 is 13.2 Å². The molecule has 0 aromatic carbocycles. The van der Waals surface area contributed by atoms with E-state index in [0.717, 1.165) is 0 Å². The average Bonchev–Trinajstić information content (AvgIpc) is 1.65. The minimum Gasteiger partial charge on any atom is -0.192 e. The Morgan fingerprint density at radius 3 is 1.71 bits per heavy atom. The molecule has 0 heterocycles. The van der Waals surface area contributed by atoms with E-state index < -0.39 is 11.2 Å². The quantitative estimate of drug-likeness (QED) is 0.438. The second-order valence-corrected chi connectivity index (χ2v) is 1.71. The zero-order valence-corrected chi connectivity index (χ0v) is 4.70. The van der Waals surface area contributed by atoms with Crippen LogP contribution in [0.1, 0.15) is 0 Å². The predicted octanol–water partition coefficient (Wildman–Crippen LogP) is 2.60. The second-order valence-electron chi connectivity index (χ2n) is 0.625. The first-order valence-corrected chi connectivity index (χ1v) is 3.07. The Bertz CT molecular complexity index is 84.9. The molecule has 0 aliphatic rings. The third-order valence-electron chi connectivity index (χ3n) is 0.229. The summed E-state index contributed by atoms with van der Waals surface area (Å²) in [5.41, 5.74) is 0. The Labute approximate surface area is 47.6 Å². The Hall–Kier alpha value is 0.230. The van der Waals surface area contributed by atoms with Gasteiger partial charge >= 0.3 is 6.08 Å². The van der Waals surface area contributed by atoms with E-state index in [-0.39, 0.29) is 10.8 Å². The van der Waals surface area contributed by atoms with Crippen molar-refractivity contribution in [3.05, 3.63) is 11.2 Å². The van der Waals surface area contributed by atoms with Crippen LogP contribution < -0.4 is 0 Å². The largest absolute Gasteiger partial charge is 0.313 e. The zero-order valence-electron chi connectivity index (χ0n) is 2.99. The molecular formula is C2HF3S2. The van der Waals surface area contributed by atoms with Gasteiger partial charge in [0.05, 0.1) is 0 Å². The van der Waals surface area contributed by atoms with E-state index >= 15 is 0 Å². The fourth-order valence-electron chi connectivity index (χ4n) is 0.0345. The number of halogens is 3. The molecule has 0 radical (unpaired) electrons. The number of hydrogen-bond donors (Lipinski definition) is 1. The SMILES string of the molecule is FC(F)=C(F)SS. The van der Waals surface area contributed by atoms with Crippen LogP contribution in [0, 0.1) is 0 Å². The molecular weight excluding hydrogens is 145 g/mol. The zero-order chi connectivity index (χ0) is 5.86. The van der Waals surface area contributed by atoms with Crippen molar-refractivity contribution in [3.63, 3.8) is 0 Å². The summed E-state index contributed by atoms with van der Waals surface area (Å²) in [6.45, 7) is 0. The lowest BCUT2D eigenvalue weighted by molar-refractivity contribution is 0.395. The minimum absolute atomic E-state index is 0.0903. The number of rotatable bonds is 1. The lowest BCUT2D eigenvalue weighted by Gasteiger charge is -1.80. The Morgan fingerprint density at radius 2 is 1.71 bits per heavy atom. The van der Waals surface area contributed by atoms with Gasteiger partial charge in [-0.05, 0) is 10.8 Å². The fourth-order valence-corrected chi connectivity index (χ4v) is 0.311. The lowest BCUT2D eigenvalue weighted by atomic mass is 11.1. The van der Waals surface area contributed by atoms with Crippen molar-refractivity contribution in [2.24, 2.45) is 0 Å². The van der Waals surface area contributed by atoms with Gasteiger partial charge in [-0.25, -0.2) is 0 Å². The van der Waals surface area contributed by atoms with Gasteiger partial charge in [0.15, 0.2) is 0 Å². The van der Waals surface area contributed by atoms with Crippen molar-refractivity contribution in [2.75, 3.05) is 0 Å². The maximum absolute atomic E-state index is 11.3. The highest BCUT2D eigenvalue weighted by Gasteiger charge is 2.00. The topological polar surface area (TPSA) is 0 Å². The van der Waals surface area contributed by atoms with E-state index in [4.69, 9.17) is 0 Å². The van der Waals surface area contributed by atoms with Crippen LogP contribution in [0.15, 0.2) is 11.2 Å². The van der Waals surface area contributed by atoms with Gasteiger partial charge in [-0.1, -0.05) is 0 Å². The van der Waals surface area contributed by atoms with Crippen LogP contribution >= 0.6 is 22.5 Å². The molecule has 0 atom stereocenters. The molecule has 0 rings (SSSR count). The van der Waals surface area contributed by atoms with Crippen LogP contribution in [-0.4, -0.2) is 0 Å². The smallest absolute Gasteiger partial charge is 0.192 e. The Morgan fingerprint density at radius 1 is 1.29 bits per heavy atom. The van der Waals surface area contributed by atoms with Crippen LogP contribution in [-0.2, 0) is 0 Å². The first-order chi connectivity index (χ1) is 3.18. The predicted molar refractivity (Wildman–Crippen MR) is 26.9 cm³/mol. The number of hydrogen-bond acceptors (Lipinski definition) is 2. The standard InChI is InChI=1S/C2HF3S2/c3-1(4)2(5)7-6/h6H. The summed E-state index contributed by atoms with van der Waals surface area (Å²) in [7, 11) is 0.0903. The molecule has 0 saturated heterocycles. The number of thiol groups is 1. The van der Waals surface area contributed by atoms with Crippen molar-refractivity contribution in [2.45, 2.75) is 0 Å². The van der Waals surface area contributed by atoms with Gasteiger partial charge in [0.2, 0.25) is 5.16 Å². The van der Waals surface area contributed by atoms with Gasteiger partial charge in [-0.3, -0.25) is 0 Å². The molecule has 0 bridgehead atoms. The van der Waals surface area contributed by atoms with E-state index in [2.05, 4.69) is 11.7 Å². The molecule has 0 spiro atoms. The summed E-state index contributed by atoms with van der Waals surface area (Å²) in [5, 5.41) is -1.54. The highest BCUT2D eigenvalue weighted by Crippen LogP contribution is 2.25. The molecule has 0 aliphatic heterocycles.